The van der Waals surface area contributed by atoms with Crippen molar-refractivity contribution in [3.05, 3.63) is 35.9 Å². The number of hydrogen-bond acceptors (Lipinski definition) is 4. The van der Waals surface area contributed by atoms with Gasteiger partial charge in [-0.05, 0) is 45.9 Å². The zero-order valence-electron chi connectivity index (χ0n) is 14.9. The molecule has 2 rings (SSSR count). The van der Waals surface area contributed by atoms with Gasteiger partial charge in [-0.25, -0.2) is 4.79 Å². The molecule has 2 radical (unpaired) electrons. The molecule has 130 valence electrons. The van der Waals surface area contributed by atoms with Crippen LogP contribution in [-0.2, 0) is 16.1 Å². The summed E-state index contributed by atoms with van der Waals surface area (Å²) in [6, 6.07) is 9.57. The quantitative estimate of drug-likeness (QED) is 0.796. The van der Waals surface area contributed by atoms with Crippen LogP contribution in [0, 0.1) is 5.92 Å². The van der Waals surface area contributed by atoms with E-state index >= 15 is 0 Å². The zero-order valence-corrected chi connectivity index (χ0v) is 14.9. The molecule has 0 unspecified atom stereocenters. The molecule has 1 aromatic carbocycles. The lowest BCUT2D eigenvalue weighted by atomic mass is 9.86. The molecule has 6 heteroatoms. The van der Waals surface area contributed by atoms with E-state index in [1.54, 1.807) is 4.90 Å². The number of ketones is 1. The first-order valence-electron chi connectivity index (χ1n) is 8.23. The van der Waals surface area contributed by atoms with E-state index in [1.807, 2.05) is 56.4 Å². The van der Waals surface area contributed by atoms with Crippen molar-refractivity contribution in [2.75, 3.05) is 34.2 Å². The molecule has 24 heavy (non-hydrogen) atoms. The van der Waals surface area contributed by atoms with E-state index in [0.717, 1.165) is 5.56 Å². The van der Waals surface area contributed by atoms with E-state index in [1.165, 1.54) is 0 Å². The lowest BCUT2D eigenvalue weighted by molar-refractivity contribution is -0.121. The molecule has 0 N–H and O–H groups in total. The van der Waals surface area contributed by atoms with Crippen molar-refractivity contribution < 1.29 is 14.3 Å². The lowest BCUT2D eigenvalue weighted by Crippen LogP contribution is -2.40. The van der Waals surface area contributed by atoms with Gasteiger partial charge in [0, 0.05) is 19.0 Å². The molecule has 0 spiro atoms. The van der Waals surface area contributed by atoms with Crippen LogP contribution in [0.5, 0.6) is 0 Å². The number of Topliss-reactive ketones (excluding diaryl/α,β-unsaturated/α-hetero) is 1. The topological polar surface area (TPSA) is 49.9 Å². The second-order valence-electron chi connectivity index (χ2n) is 6.31. The second-order valence-corrected chi connectivity index (χ2v) is 6.31. The smallest absolute Gasteiger partial charge is 0.410 e. The van der Waals surface area contributed by atoms with Gasteiger partial charge in [0.1, 0.15) is 12.4 Å². The Balaban J connectivity index is 0.000000648. The standard InChI is InChI=1S/C15H18BNO3.C3H9N/c16-10-14(18)13-6-8-17(9-7-13)15(19)20-11-12-4-2-1-3-5-12;1-4(2)3/h1-5,13H,6-11H2;1-3H3. The molecule has 0 atom stereocenters. The van der Waals surface area contributed by atoms with Crippen LogP contribution in [0.3, 0.4) is 0 Å². The summed E-state index contributed by atoms with van der Waals surface area (Å²) in [6.07, 6.45) is 1.13. The molecule has 1 amide bonds. The predicted molar refractivity (Wildman–Crippen MR) is 96.1 cm³/mol. The summed E-state index contributed by atoms with van der Waals surface area (Å²) in [5.74, 6) is 0.0838. The average Bonchev–Trinajstić information content (AvgIpc) is 2.59. The van der Waals surface area contributed by atoms with Crippen LogP contribution in [0.1, 0.15) is 18.4 Å². The number of carbonyl (C=O) groups is 2. The molecule has 1 heterocycles. The molecule has 0 aliphatic carbocycles. The minimum absolute atomic E-state index is 0.00169. The number of amides is 1. The Morgan fingerprint density at radius 1 is 1.17 bits per heavy atom. The van der Waals surface area contributed by atoms with E-state index in [4.69, 9.17) is 12.6 Å². The highest BCUT2D eigenvalue weighted by Gasteiger charge is 2.26. The summed E-state index contributed by atoms with van der Waals surface area (Å²) < 4.78 is 5.27. The minimum atomic E-state index is -0.312. The monoisotopic (exact) mass is 330 g/mol. The summed E-state index contributed by atoms with van der Waals surface area (Å²) in [5, 5.41) is 0. The molecule has 0 bridgehead atoms. The van der Waals surface area contributed by atoms with Gasteiger partial charge in [0.05, 0.1) is 7.85 Å². The zero-order chi connectivity index (χ0) is 17.9. The third-order valence-electron chi connectivity index (χ3n) is 3.61. The highest BCUT2D eigenvalue weighted by molar-refractivity contribution is 6.20. The molecule has 0 saturated carbocycles. The van der Waals surface area contributed by atoms with E-state index in [9.17, 15) is 9.59 Å². The summed E-state index contributed by atoms with van der Waals surface area (Å²) in [5.41, 5.74) is 0.967. The Hall–Kier alpha value is -1.82. The van der Waals surface area contributed by atoms with Crippen LogP contribution in [0.4, 0.5) is 4.79 Å². The van der Waals surface area contributed by atoms with Crippen molar-refractivity contribution >= 4 is 19.7 Å². The van der Waals surface area contributed by atoms with Gasteiger partial charge in [-0.1, -0.05) is 30.3 Å². The van der Waals surface area contributed by atoms with Gasteiger partial charge in [-0.2, -0.15) is 0 Å². The maximum absolute atomic E-state index is 11.9. The van der Waals surface area contributed by atoms with Crippen LogP contribution in [0.2, 0.25) is 6.32 Å². The van der Waals surface area contributed by atoms with Gasteiger partial charge in [-0.15, -0.1) is 0 Å². The molecule has 1 saturated heterocycles. The molecule has 1 aliphatic heterocycles. The Morgan fingerprint density at radius 3 is 2.21 bits per heavy atom. The summed E-state index contributed by atoms with van der Waals surface area (Å²) >= 11 is 0. The highest BCUT2D eigenvalue weighted by atomic mass is 16.6. The number of benzene rings is 1. The number of carbonyl (C=O) groups excluding carboxylic acids is 2. The average molecular weight is 330 g/mol. The van der Waals surface area contributed by atoms with Crippen LogP contribution in [-0.4, -0.2) is 63.8 Å². The predicted octanol–water partition coefficient (Wildman–Crippen LogP) is 2.37. The van der Waals surface area contributed by atoms with Crippen molar-refractivity contribution in [3.63, 3.8) is 0 Å². The molecule has 1 aromatic rings. The number of piperidine rings is 1. The third-order valence-corrected chi connectivity index (χ3v) is 3.61. The fourth-order valence-corrected chi connectivity index (χ4v) is 2.36. The van der Waals surface area contributed by atoms with Gasteiger partial charge < -0.3 is 19.3 Å². The van der Waals surface area contributed by atoms with Gasteiger partial charge in [0.25, 0.3) is 0 Å². The molecular weight excluding hydrogens is 303 g/mol. The Bertz CT molecular complexity index is 497. The number of nitrogens with zero attached hydrogens (tertiary/aromatic N) is 2. The Morgan fingerprint density at radius 2 is 1.71 bits per heavy atom. The van der Waals surface area contributed by atoms with Crippen LogP contribution < -0.4 is 0 Å². The maximum Gasteiger partial charge on any atom is 0.410 e. The summed E-state index contributed by atoms with van der Waals surface area (Å²) in [7, 11) is 11.4. The van der Waals surface area contributed by atoms with Gasteiger partial charge >= 0.3 is 6.09 Å². The first kappa shape index (κ1) is 20.2. The third kappa shape index (κ3) is 7.64. The first-order chi connectivity index (χ1) is 11.4. The van der Waals surface area contributed by atoms with Gasteiger partial charge in [0.15, 0.2) is 0 Å². The van der Waals surface area contributed by atoms with Gasteiger partial charge in [-0.3, -0.25) is 0 Å². The minimum Gasteiger partial charge on any atom is -0.445 e. The maximum atomic E-state index is 11.9. The highest BCUT2D eigenvalue weighted by Crippen LogP contribution is 2.20. The number of ether oxygens (including phenoxy) is 1. The van der Waals surface area contributed by atoms with Crippen molar-refractivity contribution in [1.29, 1.82) is 0 Å². The van der Waals surface area contributed by atoms with Crippen molar-refractivity contribution in [3.8, 4) is 0 Å². The van der Waals surface area contributed by atoms with Crippen LogP contribution >= 0.6 is 0 Å². The molecule has 1 aliphatic rings. The van der Waals surface area contributed by atoms with E-state index in [0.29, 0.717) is 25.9 Å². The molecule has 5 nitrogen and oxygen atoms in total. The second kappa shape index (κ2) is 10.9. The summed E-state index contributed by atoms with van der Waals surface area (Å²) in [6.45, 7) is 1.40. The first-order valence-corrected chi connectivity index (χ1v) is 8.23. The number of likely N-dealkylation sites (tertiary alicyclic amines) is 1. The van der Waals surface area contributed by atoms with Crippen LogP contribution in [0.15, 0.2) is 30.3 Å². The molecule has 1 fully saturated rings. The van der Waals surface area contributed by atoms with Gasteiger partial charge in [0.2, 0.25) is 0 Å². The normalized spacial score (nSPS) is 14.8. The fourth-order valence-electron chi connectivity index (χ4n) is 2.36. The fraction of sp³-hybridized carbons (Fsp3) is 0.556. The number of rotatable bonds is 4. The Kier molecular flexibility index (Phi) is 9.16. The summed E-state index contributed by atoms with van der Waals surface area (Å²) in [4.78, 5) is 27.1. The lowest BCUT2D eigenvalue weighted by Gasteiger charge is -2.30. The SMILES string of the molecule is CN(C)C.[B]CC(=O)C1CCN(C(=O)OCc2ccccc2)CC1. The van der Waals surface area contributed by atoms with Crippen molar-refractivity contribution in [1.82, 2.24) is 9.80 Å². The molecular formula is C18H27BN2O3. The van der Waals surface area contributed by atoms with Crippen molar-refractivity contribution in [2.24, 2.45) is 5.92 Å². The van der Waals surface area contributed by atoms with Crippen molar-refractivity contribution in [2.45, 2.75) is 25.8 Å². The van der Waals surface area contributed by atoms with Crippen LogP contribution in [0.25, 0.3) is 0 Å². The van der Waals surface area contributed by atoms with E-state index in [2.05, 4.69) is 0 Å². The van der Waals surface area contributed by atoms with E-state index in [-0.39, 0.29) is 30.7 Å². The number of hydrogen-bond donors (Lipinski definition) is 0. The Labute approximate surface area is 146 Å². The molecule has 0 aromatic heterocycles. The largest absolute Gasteiger partial charge is 0.445 e. The van der Waals surface area contributed by atoms with E-state index < -0.39 is 0 Å².